The lowest BCUT2D eigenvalue weighted by atomic mass is 9.90. The van der Waals surface area contributed by atoms with E-state index in [1.165, 1.54) is 34.5 Å². The van der Waals surface area contributed by atoms with Gasteiger partial charge >= 0.3 is 0 Å². The molecule has 1 saturated heterocycles. The van der Waals surface area contributed by atoms with Crippen LogP contribution in [-0.2, 0) is 22.9 Å². The molecule has 0 spiro atoms. The summed E-state index contributed by atoms with van der Waals surface area (Å²) in [5.74, 6) is 0.0220. The Morgan fingerprint density at radius 2 is 1.70 bits per heavy atom. The highest BCUT2D eigenvalue weighted by Gasteiger charge is 2.25. The van der Waals surface area contributed by atoms with E-state index in [2.05, 4.69) is 6.07 Å². The molecular weight excluding hydrogens is 312 g/mol. The number of carbonyl (C=O) groups excluding carboxylic acids is 1. The summed E-state index contributed by atoms with van der Waals surface area (Å²) >= 11 is 0. The molecule has 6 heteroatoms. The summed E-state index contributed by atoms with van der Waals surface area (Å²) in [6, 6.07) is 6.05. The maximum absolute atomic E-state index is 12.8. The minimum atomic E-state index is -3.18. The number of amides is 1. The lowest BCUT2D eigenvalue weighted by Gasteiger charge is -2.22. The summed E-state index contributed by atoms with van der Waals surface area (Å²) in [4.78, 5) is 14.5. The topological polar surface area (TPSA) is 57.7 Å². The second-order valence-electron chi connectivity index (χ2n) is 6.50. The van der Waals surface area contributed by atoms with E-state index < -0.39 is 10.0 Å². The predicted octanol–water partition coefficient (Wildman–Crippen LogP) is 1.67. The van der Waals surface area contributed by atoms with E-state index in [1.807, 2.05) is 12.1 Å². The average Bonchev–Trinajstić information content (AvgIpc) is 2.79. The first-order valence-corrected chi connectivity index (χ1v) is 10.2. The first kappa shape index (κ1) is 16.5. The van der Waals surface area contributed by atoms with Crippen LogP contribution in [0.1, 0.15) is 40.7 Å². The number of fused-ring (bicyclic) bond motifs is 1. The Balaban J connectivity index is 1.73. The maximum Gasteiger partial charge on any atom is 0.253 e. The molecule has 0 radical (unpaired) electrons. The monoisotopic (exact) mass is 336 g/mol. The minimum Gasteiger partial charge on any atom is -0.337 e. The molecule has 23 heavy (non-hydrogen) atoms. The Hall–Kier alpha value is -1.40. The fourth-order valence-corrected chi connectivity index (χ4v) is 4.35. The molecule has 1 aliphatic heterocycles. The molecule has 1 aromatic rings. The zero-order chi connectivity index (χ0) is 16.4. The summed E-state index contributed by atoms with van der Waals surface area (Å²) in [5.41, 5.74) is 3.40. The van der Waals surface area contributed by atoms with Gasteiger partial charge in [0, 0.05) is 31.7 Å². The fraction of sp³-hybridized carbons (Fsp3) is 0.588. The molecule has 1 amide bonds. The number of benzene rings is 1. The minimum absolute atomic E-state index is 0.0220. The van der Waals surface area contributed by atoms with Crippen molar-refractivity contribution in [1.82, 2.24) is 9.21 Å². The van der Waals surface area contributed by atoms with Gasteiger partial charge in [-0.2, -0.15) is 0 Å². The first-order chi connectivity index (χ1) is 10.9. The van der Waals surface area contributed by atoms with Crippen molar-refractivity contribution in [2.45, 2.75) is 32.1 Å². The summed E-state index contributed by atoms with van der Waals surface area (Å²) in [6.07, 6.45) is 6.50. The number of aryl methyl sites for hydroxylation is 2. The van der Waals surface area contributed by atoms with Gasteiger partial charge < -0.3 is 4.90 Å². The van der Waals surface area contributed by atoms with Gasteiger partial charge in [0.1, 0.15) is 0 Å². The number of rotatable bonds is 2. The summed E-state index contributed by atoms with van der Waals surface area (Å²) in [6.45, 7) is 1.95. The van der Waals surface area contributed by atoms with Crippen LogP contribution in [0.5, 0.6) is 0 Å². The van der Waals surface area contributed by atoms with E-state index in [0.29, 0.717) is 32.6 Å². The van der Waals surface area contributed by atoms with E-state index in [-0.39, 0.29) is 5.91 Å². The largest absolute Gasteiger partial charge is 0.337 e. The van der Waals surface area contributed by atoms with Crippen LogP contribution in [-0.4, -0.2) is 56.0 Å². The molecule has 0 unspecified atom stereocenters. The predicted molar refractivity (Wildman–Crippen MR) is 90.0 cm³/mol. The number of hydrogen-bond donors (Lipinski definition) is 0. The van der Waals surface area contributed by atoms with Crippen molar-refractivity contribution in [2.75, 3.05) is 32.4 Å². The number of nitrogens with zero attached hydrogens (tertiary/aromatic N) is 2. The van der Waals surface area contributed by atoms with Crippen LogP contribution in [0, 0.1) is 0 Å². The average molecular weight is 336 g/mol. The van der Waals surface area contributed by atoms with E-state index in [4.69, 9.17) is 0 Å². The van der Waals surface area contributed by atoms with Crippen molar-refractivity contribution < 1.29 is 13.2 Å². The highest BCUT2D eigenvalue weighted by atomic mass is 32.2. The lowest BCUT2D eigenvalue weighted by molar-refractivity contribution is 0.0764. The van der Waals surface area contributed by atoms with Crippen LogP contribution in [0.2, 0.25) is 0 Å². The zero-order valence-corrected chi connectivity index (χ0v) is 14.4. The Kier molecular flexibility index (Phi) is 4.73. The van der Waals surface area contributed by atoms with E-state index in [9.17, 15) is 13.2 Å². The smallest absolute Gasteiger partial charge is 0.253 e. The zero-order valence-electron chi connectivity index (χ0n) is 13.6. The Bertz CT molecular complexity index is 700. The van der Waals surface area contributed by atoms with Crippen molar-refractivity contribution >= 4 is 15.9 Å². The molecule has 1 aliphatic carbocycles. The van der Waals surface area contributed by atoms with Gasteiger partial charge in [-0.05, 0) is 55.4 Å². The number of sulfonamides is 1. The van der Waals surface area contributed by atoms with Crippen molar-refractivity contribution in [3.63, 3.8) is 0 Å². The maximum atomic E-state index is 12.8. The van der Waals surface area contributed by atoms with Crippen LogP contribution in [0.3, 0.4) is 0 Å². The summed E-state index contributed by atoms with van der Waals surface area (Å²) < 4.78 is 24.8. The number of carbonyl (C=O) groups is 1. The van der Waals surface area contributed by atoms with Crippen LogP contribution in [0.25, 0.3) is 0 Å². The Labute approximate surface area is 138 Å². The van der Waals surface area contributed by atoms with Gasteiger partial charge in [-0.3, -0.25) is 4.79 Å². The van der Waals surface area contributed by atoms with Crippen molar-refractivity contribution in [2.24, 2.45) is 0 Å². The van der Waals surface area contributed by atoms with Gasteiger partial charge in [0.05, 0.1) is 6.26 Å². The SMILES string of the molecule is CS(=O)(=O)N1CCCN(C(=O)c2ccc3c(c2)CCCC3)CC1. The second kappa shape index (κ2) is 6.61. The van der Waals surface area contributed by atoms with Crippen LogP contribution < -0.4 is 0 Å². The van der Waals surface area contributed by atoms with Gasteiger partial charge in [-0.15, -0.1) is 0 Å². The van der Waals surface area contributed by atoms with Crippen molar-refractivity contribution in [3.05, 3.63) is 34.9 Å². The first-order valence-electron chi connectivity index (χ1n) is 8.31. The Morgan fingerprint density at radius 3 is 2.43 bits per heavy atom. The molecule has 1 fully saturated rings. The summed E-state index contributed by atoms with van der Waals surface area (Å²) in [7, 11) is -3.18. The fourth-order valence-electron chi connectivity index (χ4n) is 3.48. The van der Waals surface area contributed by atoms with Gasteiger partial charge in [0.25, 0.3) is 5.91 Å². The second-order valence-corrected chi connectivity index (χ2v) is 8.48. The molecular formula is C17H24N2O3S. The van der Waals surface area contributed by atoms with E-state index in [0.717, 1.165) is 18.4 Å². The highest BCUT2D eigenvalue weighted by molar-refractivity contribution is 7.88. The molecule has 5 nitrogen and oxygen atoms in total. The third-order valence-corrected chi connectivity index (χ3v) is 6.11. The third-order valence-electron chi connectivity index (χ3n) is 4.81. The van der Waals surface area contributed by atoms with Gasteiger partial charge in [-0.25, -0.2) is 12.7 Å². The molecule has 1 aromatic carbocycles. The van der Waals surface area contributed by atoms with Gasteiger partial charge in [-0.1, -0.05) is 6.07 Å². The molecule has 0 atom stereocenters. The third kappa shape index (κ3) is 3.75. The standard InChI is InChI=1S/C17H24N2O3S/c1-23(21,22)19-10-4-9-18(11-12-19)17(20)16-8-7-14-5-2-3-6-15(14)13-16/h7-8,13H,2-6,9-12H2,1H3. The van der Waals surface area contributed by atoms with Crippen LogP contribution >= 0.6 is 0 Å². The molecule has 126 valence electrons. The molecule has 3 rings (SSSR count). The molecule has 0 saturated carbocycles. The highest BCUT2D eigenvalue weighted by Crippen LogP contribution is 2.23. The normalized spacial score (nSPS) is 20.0. The molecule has 0 aromatic heterocycles. The lowest BCUT2D eigenvalue weighted by Crippen LogP contribution is -2.37. The van der Waals surface area contributed by atoms with Crippen LogP contribution in [0.4, 0.5) is 0 Å². The van der Waals surface area contributed by atoms with Gasteiger partial charge in [0.2, 0.25) is 10.0 Å². The number of hydrogen-bond acceptors (Lipinski definition) is 3. The summed E-state index contributed by atoms with van der Waals surface area (Å²) in [5, 5.41) is 0. The molecule has 0 N–H and O–H groups in total. The quantitative estimate of drug-likeness (QED) is 0.825. The van der Waals surface area contributed by atoms with Crippen molar-refractivity contribution in [3.8, 4) is 0 Å². The molecule has 2 aliphatic rings. The Morgan fingerprint density at radius 1 is 0.957 bits per heavy atom. The van der Waals surface area contributed by atoms with E-state index in [1.54, 1.807) is 4.90 Å². The van der Waals surface area contributed by atoms with Crippen LogP contribution in [0.15, 0.2) is 18.2 Å². The molecule has 0 bridgehead atoms. The molecule has 1 heterocycles. The van der Waals surface area contributed by atoms with E-state index >= 15 is 0 Å². The van der Waals surface area contributed by atoms with Gasteiger partial charge in [0.15, 0.2) is 0 Å². The van der Waals surface area contributed by atoms with Crippen molar-refractivity contribution in [1.29, 1.82) is 0 Å².